The Hall–Kier alpha value is -0.410. The predicted molar refractivity (Wildman–Crippen MR) is 63.1 cm³/mol. The van der Waals surface area contributed by atoms with Crippen molar-refractivity contribution < 1.29 is 0 Å². The van der Waals surface area contributed by atoms with E-state index in [-0.39, 0.29) is 0 Å². The molecule has 0 aromatic carbocycles. The monoisotopic (exact) mass is 256 g/mol. The van der Waals surface area contributed by atoms with Crippen molar-refractivity contribution in [3.8, 4) is 0 Å². The Morgan fingerprint density at radius 3 is 2.86 bits per heavy atom. The summed E-state index contributed by atoms with van der Waals surface area (Å²) in [5.74, 6) is 0.741. The van der Waals surface area contributed by atoms with E-state index in [1.165, 1.54) is 6.42 Å². The van der Waals surface area contributed by atoms with Gasteiger partial charge in [-0.05, 0) is 40.5 Å². The number of aromatic nitrogens is 1. The van der Waals surface area contributed by atoms with Gasteiger partial charge >= 0.3 is 0 Å². The molecule has 0 saturated carbocycles. The fraction of sp³-hybridized carbons (Fsp3) is 0.545. The van der Waals surface area contributed by atoms with Gasteiger partial charge in [-0.25, -0.2) is 0 Å². The van der Waals surface area contributed by atoms with Crippen LogP contribution in [0.1, 0.15) is 26.0 Å². The van der Waals surface area contributed by atoms with Crippen LogP contribution < -0.4 is 5.32 Å². The summed E-state index contributed by atoms with van der Waals surface area (Å²) in [6.45, 7) is 6.39. The Morgan fingerprint density at radius 2 is 2.29 bits per heavy atom. The summed E-state index contributed by atoms with van der Waals surface area (Å²) in [7, 11) is 0. The Morgan fingerprint density at radius 1 is 1.50 bits per heavy atom. The molecule has 1 aromatic rings. The highest BCUT2D eigenvalue weighted by Gasteiger charge is 1.98. The Kier molecular flexibility index (Phi) is 5.12. The summed E-state index contributed by atoms with van der Waals surface area (Å²) in [5.41, 5.74) is 1.09. The van der Waals surface area contributed by atoms with Gasteiger partial charge in [0.1, 0.15) is 0 Å². The molecular formula is C11H17BrN2. The maximum atomic E-state index is 4.29. The Balaban J connectivity index is 2.28. The fourth-order valence-corrected chi connectivity index (χ4v) is 1.34. The van der Waals surface area contributed by atoms with Gasteiger partial charge in [0.15, 0.2) is 0 Å². The minimum Gasteiger partial charge on any atom is -0.311 e. The number of nitrogens with zero attached hydrogens (tertiary/aromatic N) is 1. The molecule has 0 amide bonds. The zero-order valence-corrected chi connectivity index (χ0v) is 10.3. The van der Waals surface area contributed by atoms with Crippen molar-refractivity contribution in [1.29, 1.82) is 0 Å². The molecule has 0 aliphatic carbocycles. The van der Waals surface area contributed by atoms with Crippen LogP contribution in [0.3, 0.4) is 0 Å². The molecule has 1 heterocycles. The van der Waals surface area contributed by atoms with Gasteiger partial charge in [0.25, 0.3) is 0 Å². The number of hydrogen-bond donors (Lipinski definition) is 1. The van der Waals surface area contributed by atoms with Gasteiger partial charge < -0.3 is 5.32 Å². The molecule has 1 aromatic heterocycles. The van der Waals surface area contributed by atoms with Crippen LogP contribution in [-0.4, -0.2) is 11.5 Å². The lowest BCUT2D eigenvalue weighted by Crippen LogP contribution is -2.20. The standard InChI is InChI=1S/C11H17BrN2/c1-3-9(2)6-13-8-11-5-4-10(12)7-14-11/h4-5,7,9,13H,3,6,8H2,1-2H3. The maximum absolute atomic E-state index is 4.29. The minimum atomic E-state index is 0.741. The first kappa shape index (κ1) is 11.7. The Labute approximate surface area is 94.3 Å². The molecule has 1 unspecified atom stereocenters. The van der Waals surface area contributed by atoms with Crippen molar-refractivity contribution >= 4 is 15.9 Å². The topological polar surface area (TPSA) is 24.9 Å². The SMILES string of the molecule is CCC(C)CNCc1ccc(Br)cn1. The van der Waals surface area contributed by atoms with Crippen LogP contribution in [0.5, 0.6) is 0 Å². The second-order valence-electron chi connectivity index (χ2n) is 3.61. The molecule has 0 fully saturated rings. The van der Waals surface area contributed by atoms with Crippen LogP contribution in [0.15, 0.2) is 22.8 Å². The molecule has 0 saturated heterocycles. The molecule has 1 rings (SSSR count). The molecule has 2 nitrogen and oxygen atoms in total. The van der Waals surface area contributed by atoms with Crippen molar-refractivity contribution in [1.82, 2.24) is 10.3 Å². The quantitative estimate of drug-likeness (QED) is 0.877. The largest absolute Gasteiger partial charge is 0.311 e. The van der Waals surface area contributed by atoms with Crippen LogP contribution in [0.2, 0.25) is 0 Å². The Bertz CT molecular complexity index is 258. The molecule has 0 aliphatic rings. The van der Waals surface area contributed by atoms with Crippen molar-refractivity contribution in [2.75, 3.05) is 6.54 Å². The van der Waals surface area contributed by atoms with Crippen LogP contribution in [0.25, 0.3) is 0 Å². The van der Waals surface area contributed by atoms with E-state index in [1.807, 2.05) is 18.3 Å². The summed E-state index contributed by atoms with van der Waals surface area (Å²) < 4.78 is 1.03. The maximum Gasteiger partial charge on any atom is 0.0542 e. The van der Waals surface area contributed by atoms with Crippen LogP contribution >= 0.6 is 15.9 Å². The molecule has 0 spiro atoms. The molecule has 14 heavy (non-hydrogen) atoms. The molecule has 1 atom stereocenters. The molecule has 0 radical (unpaired) electrons. The second kappa shape index (κ2) is 6.14. The zero-order valence-electron chi connectivity index (χ0n) is 8.76. The van der Waals surface area contributed by atoms with Crippen molar-refractivity contribution in [3.63, 3.8) is 0 Å². The second-order valence-corrected chi connectivity index (χ2v) is 4.53. The van der Waals surface area contributed by atoms with Gasteiger partial charge in [0.05, 0.1) is 5.69 Å². The van der Waals surface area contributed by atoms with E-state index in [9.17, 15) is 0 Å². The van der Waals surface area contributed by atoms with Gasteiger partial charge in [-0.1, -0.05) is 20.3 Å². The average molecular weight is 257 g/mol. The van der Waals surface area contributed by atoms with E-state index < -0.39 is 0 Å². The van der Waals surface area contributed by atoms with Gasteiger partial charge in [0, 0.05) is 17.2 Å². The molecule has 1 N–H and O–H groups in total. The zero-order chi connectivity index (χ0) is 10.4. The molecule has 0 bridgehead atoms. The molecular weight excluding hydrogens is 240 g/mol. The van der Waals surface area contributed by atoms with Gasteiger partial charge in [0.2, 0.25) is 0 Å². The summed E-state index contributed by atoms with van der Waals surface area (Å²) in [6, 6.07) is 4.06. The van der Waals surface area contributed by atoms with E-state index in [0.717, 1.165) is 29.2 Å². The van der Waals surface area contributed by atoms with E-state index in [2.05, 4.69) is 40.1 Å². The summed E-state index contributed by atoms with van der Waals surface area (Å²) >= 11 is 3.37. The van der Waals surface area contributed by atoms with Crippen molar-refractivity contribution in [2.45, 2.75) is 26.8 Å². The minimum absolute atomic E-state index is 0.741. The van der Waals surface area contributed by atoms with Gasteiger partial charge in [-0.3, -0.25) is 4.98 Å². The molecule has 0 aliphatic heterocycles. The third-order valence-electron chi connectivity index (χ3n) is 2.28. The van der Waals surface area contributed by atoms with Gasteiger partial charge in [-0.2, -0.15) is 0 Å². The van der Waals surface area contributed by atoms with E-state index in [4.69, 9.17) is 0 Å². The predicted octanol–water partition coefficient (Wildman–Crippen LogP) is 2.98. The first-order chi connectivity index (χ1) is 6.72. The van der Waals surface area contributed by atoms with E-state index >= 15 is 0 Å². The highest BCUT2D eigenvalue weighted by molar-refractivity contribution is 9.10. The highest BCUT2D eigenvalue weighted by atomic mass is 79.9. The molecule has 3 heteroatoms. The normalized spacial score (nSPS) is 12.8. The lowest BCUT2D eigenvalue weighted by molar-refractivity contribution is 0.497. The summed E-state index contributed by atoms with van der Waals surface area (Å²) in [5, 5.41) is 3.39. The number of pyridine rings is 1. The number of halogens is 1. The third-order valence-corrected chi connectivity index (χ3v) is 2.75. The average Bonchev–Trinajstić information content (AvgIpc) is 2.21. The van der Waals surface area contributed by atoms with Crippen molar-refractivity contribution in [2.24, 2.45) is 5.92 Å². The van der Waals surface area contributed by atoms with Crippen LogP contribution in [0, 0.1) is 5.92 Å². The van der Waals surface area contributed by atoms with Crippen LogP contribution in [-0.2, 0) is 6.54 Å². The number of rotatable bonds is 5. The highest BCUT2D eigenvalue weighted by Crippen LogP contribution is 2.07. The fourth-order valence-electron chi connectivity index (χ4n) is 1.10. The smallest absolute Gasteiger partial charge is 0.0542 e. The summed E-state index contributed by atoms with van der Waals surface area (Å²) in [4.78, 5) is 4.29. The number of hydrogen-bond acceptors (Lipinski definition) is 2. The lowest BCUT2D eigenvalue weighted by Gasteiger charge is -2.09. The summed E-state index contributed by atoms with van der Waals surface area (Å²) in [6.07, 6.45) is 3.06. The molecule has 78 valence electrons. The van der Waals surface area contributed by atoms with E-state index in [0.29, 0.717) is 0 Å². The first-order valence-electron chi connectivity index (χ1n) is 5.03. The lowest BCUT2D eigenvalue weighted by atomic mass is 10.1. The first-order valence-corrected chi connectivity index (χ1v) is 5.82. The van der Waals surface area contributed by atoms with Gasteiger partial charge in [-0.15, -0.1) is 0 Å². The van der Waals surface area contributed by atoms with Crippen molar-refractivity contribution in [3.05, 3.63) is 28.5 Å². The third kappa shape index (κ3) is 4.20. The van der Waals surface area contributed by atoms with E-state index in [1.54, 1.807) is 0 Å². The number of nitrogens with one attached hydrogen (secondary N) is 1. The van der Waals surface area contributed by atoms with Crippen LogP contribution in [0.4, 0.5) is 0 Å².